The summed E-state index contributed by atoms with van der Waals surface area (Å²) in [6.45, 7) is 1.85. The Morgan fingerprint density at radius 2 is 2.12 bits per heavy atom. The fourth-order valence-corrected chi connectivity index (χ4v) is 1.99. The number of aromatic nitrogens is 1. The van der Waals surface area contributed by atoms with Crippen LogP contribution in [0.3, 0.4) is 0 Å². The van der Waals surface area contributed by atoms with E-state index in [9.17, 15) is 4.79 Å². The number of benzene rings is 1. The molecule has 0 saturated carbocycles. The van der Waals surface area contributed by atoms with Gasteiger partial charge in [0.25, 0.3) is 0 Å². The Morgan fingerprint density at radius 1 is 1.41 bits per heavy atom. The minimum Gasteiger partial charge on any atom is -0.478 e. The Labute approximate surface area is 100.0 Å². The second-order valence-electron chi connectivity index (χ2n) is 4.04. The summed E-state index contributed by atoms with van der Waals surface area (Å²) in [7, 11) is 1.96. The highest BCUT2D eigenvalue weighted by molar-refractivity contribution is 5.97. The molecule has 0 atom stereocenters. The number of nitrogens with zero attached hydrogens (tertiary/aromatic N) is 1. The van der Waals surface area contributed by atoms with E-state index in [1.165, 1.54) is 0 Å². The zero-order valence-electron chi connectivity index (χ0n) is 9.97. The van der Waals surface area contributed by atoms with Crippen LogP contribution in [-0.2, 0) is 11.8 Å². The molecule has 0 aliphatic rings. The van der Waals surface area contributed by atoms with Gasteiger partial charge in [-0.25, -0.2) is 4.79 Å². The van der Waals surface area contributed by atoms with E-state index in [2.05, 4.69) is 0 Å². The number of aryl methyl sites for hydroxylation is 1. The molecule has 0 radical (unpaired) electrons. The largest absolute Gasteiger partial charge is 0.478 e. The third-order valence-corrected chi connectivity index (χ3v) is 2.91. The van der Waals surface area contributed by atoms with Gasteiger partial charge in [0.05, 0.1) is 0 Å². The monoisotopic (exact) mass is 229 g/mol. The summed E-state index contributed by atoms with van der Waals surface area (Å²) in [6.07, 6.45) is 4.24. The Hall–Kier alpha value is -2.03. The Bertz CT molecular complexity index is 593. The van der Waals surface area contributed by atoms with Crippen LogP contribution in [0.2, 0.25) is 0 Å². The third kappa shape index (κ3) is 2.09. The number of rotatable bonds is 3. The molecular weight excluding hydrogens is 214 g/mol. The van der Waals surface area contributed by atoms with Gasteiger partial charge in [-0.15, -0.1) is 0 Å². The highest BCUT2D eigenvalue weighted by Crippen LogP contribution is 2.23. The molecule has 17 heavy (non-hydrogen) atoms. The smallest absolute Gasteiger partial charge is 0.331 e. The van der Waals surface area contributed by atoms with E-state index in [-0.39, 0.29) is 0 Å². The Balaban J connectivity index is 2.60. The van der Waals surface area contributed by atoms with Crippen molar-refractivity contribution in [3.8, 4) is 0 Å². The molecule has 1 aromatic heterocycles. The molecule has 0 aliphatic heterocycles. The van der Waals surface area contributed by atoms with Gasteiger partial charge in [-0.2, -0.15) is 0 Å². The van der Waals surface area contributed by atoms with Crippen LogP contribution in [0.15, 0.2) is 36.0 Å². The van der Waals surface area contributed by atoms with Crippen molar-refractivity contribution in [2.24, 2.45) is 7.05 Å². The van der Waals surface area contributed by atoms with E-state index >= 15 is 0 Å². The molecule has 1 N–H and O–H groups in total. The zero-order valence-corrected chi connectivity index (χ0v) is 9.97. The van der Waals surface area contributed by atoms with Crippen molar-refractivity contribution in [2.75, 3.05) is 0 Å². The number of aliphatic carboxylic acids is 1. The van der Waals surface area contributed by atoms with Crippen LogP contribution >= 0.6 is 0 Å². The number of carboxylic acid groups (broad SMARTS) is 1. The zero-order chi connectivity index (χ0) is 12.4. The second-order valence-corrected chi connectivity index (χ2v) is 4.04. The predicted octanol–water partition coefficient (Wildman–Crippen LogP) is 3.06. The summed E-state index contributed by atoms with van der Waals surface area (Å²) in [4.78, 5) is 11.0. The molecular formula is C14H15NO2. The lowest BCUT2D eigenvalue weighted by molar-refractivity contribution is -0.132. The number of carboxylic acids is 1. The fraction of sp³-hybridized carbons (Fsp3) is 0.214. The van der Waals surface area contributed by atoms with Gasteiger partial charge in [-0.05, 0) is 18.6 Å². The average molecular weight is 229 g/mol. The lowest BCUT2D eigenvalue weighted by Crippen LogP contribution is -1.98. The molecule has 3 nitrogen and oxygen atoms in total. The molecule has 1 heterocycles. The quantitative estimate of drug-likeness (QED) is 0.822. The standard InChI is InChI=1S/C14H15NO2/c1-3-10(14(16)17)8-11-9-15(2)13-7-5-4-6-12(11)13/h4-9H,3H2,1-2H3,(H,16,17)/b10-8+. The molecule has 3 heteroatoms. The summed E-state index contributed by atoms with van der Waals surface area (Å²) in [6, 6.07) is 7.98. The van der Waals surface area contributed by atoms with Crippen molar-refractivity contribution in [1.82, 2.24) is 4.57 Å². The highest BCUT2D eigenvalue weighted by Gasteiger charge is 2.08. The molecule has 0 aliphatic carbocycles. The van der Waals surface area contributed by atoms with Crippen LogP contribution in [0.1, 0.15) is 18.9 Å². The van der Waals surface area contributed by atoms with Crippen molar-refractivity contribution in [1.29, 1.82) is 0 Å². The first kappa shape index (κ1) is 11.5. The molecule has 2 aromatic rings. The lowest BCUT2D eigenvalue weighted by Gasteiger charge is -1.97. The van der Waals surface area contributed by atoms with E-state index in [0.29, 0.717) is 12.0 Å². The van der Waals surface area contributed by atoms with Crippen LogP contribution in [0.25, 0.3) is 17.0 Å². The average Bonchev–Trinajstić information content (AvgIpc) is 2.63. The number of carbonyl (C=O) groups is 1. The Kier molecular flexibility index (Phi) is 3.00. The Morgan fingerprint density at radius 3 is 2.76 bits per heavy atom. The summed E-state index contributed by atoms with van der Waals surface area (Å²) >= 11 is 0. The van der Waals surface area contributed by atoms with Crippen LogP contribution in [-0.4, -0.2) is 15.6 Å². The minimum atomic E-state index is -0.847. The van der Waals surface area contributed by atoms with Crippen molar-refractivity contribution >= 4 is 22.9 Å². The van der Waals surface area contributed by atoms with Crippen molar-refractivity contribution in [3.63, 3.8) is 0 Å². The van der Waals surface area contributed by atoms with Gasteiger partial charge in [0.15, 0.2) is 0 Å². The molecule has 0 bridgehead atoms. The van der Waals surface area contributed by atoms with Gasteiger partial charge < -0.3 is 9.67 Å². The summed E-state index contributed by atoms with van der Waals surface area (Å²) < 4.78 is 2.01. The van der Waals surface area contributed by atoms with Gasteiger partial charge in [-0.1, -0.05) is 25.1 Å². The molecule has 2 rings (SSSR count). The van der Waals surface area contributed by atoms with Gasteiger partial charge in [0.2, 0.25) is 0 Å². The van der Waals surface area contributed by atoms with Gasteiger partial charge in [0.1, 0.15) is 0 Å². The third-order valence-electron chi connectivity index (χ3n) is 2.91. The molecule has 0 unspecified atom stereocenters. The first-order chi connectivity index (χ1) is 8.13. The topological polar surface area (TPSA) is 42.2 Å². The van der Waals surface area contributed by atoms with E-state index < -0.39 is 5.97 Å². The van der Waals surface area contributed by atoms with Gasteiger partial charge in [0, 0.05) is 35.3 Å². The second kappa shape index (κ2) is 4.45. The maximum atomic E-state index is 11.0. The fourth-order valence-electron chi connectivity index (χ4n) is 1.99. The molecule has 0 fully saturated rings. The molecule has 88 valence electrons. The summed E-state index contributed by atoms with van der Waals surface area (Å²) in [5.41, 5.74) is 2.50. The van der Waals surface area contributed by atoms with Crippen molar-refractivity contribution in [2.45, 2.75) is 13.3 Å². The number of para-hydroxylation sites is 1. The summed E-state index contributed by atoms with van der Waals surface area (Å²) in [5, 5.41) is 10.1. The first-order valence-corrected chi connectivity index (χ1v) is 5.61. The number of fused-ring (bicyclic) bond motifs is 1. The first-order valence-electron chi connectivity index (χ1n) is 5.61. The van der Waals surface area contributed by atoms with Crippen molar-refractivity contribution < 1.29 is 9.90 Å². The van der Waals surface area contributed by atoms with Crippen LogP contribution in [0, 0.1) is 0 Å². The maximum absolute atomic E-state index is 11.0. The van der Waals surface area contributed by atoms with E-state index in [4.69, 9.17) is 5.11 Å². The van der Waals surface area contributed by atoms with E-state index in [1.807, 2.05) is 49.0 Å². The van der Waals surface area contributed by atoms with Crippen LogP contribution in [0.4, 0.5) is 0 Å². The molecule has 0 spiro atoms. The molecule has 0 saturated heterocycles. The highest BCUT2D eigenvalue weighted by atomic mass is 16.4. The van der Waals surface area contributed by atoms with Crippen LogP contribution in [0.5, 0.6) is 0 Å². The van der Waals surface area contributed by atoms with E-state index in [1.54, 1.807) is 6.08 Å². The maximum Gasteiger partial charge on any atom is 0.331 e. The number of hydrogen-bond donors (Lipinski definition) is 1. The predicted molar refractivity (Wildman–Crippen MR) is 68.8 cm³/mol. The van der Waals surface area contributed by atoms with Gasteiger partial charge >= 0.3 is 5.97 Å². The van der Waals surface area contributed by atoms with Crippen molar-refractivity contribution in [3.05, 3.63) is 41.6 Å². The van der Waals surface area contributed by atoms with Crippen LogP contribution < -0.4 is 0 Å². The molecule has 0 amide bonds. The molecule has 1 aromatic carbocycles. The normalized spacial score (nSPS) is 12.0. The SMILES string of the molecule is CC/C(=C\c1cn(C)c2ccccc12)C(=O)O. The summed E-state index contributed by atoms with van der Waals surface area (Å²) in [5.74, 6) is -0.847. The van der Waals surface area contributed by atoms with Gasteiger partial charge in [-0.3, -0.25) is 0 Å². The number of hydrogen-bond acceptors (Lipinski definition) is 1. The lowest BCUT2D eigenvalue weighted by atomic mass is 10.1. The van der Waals surface area contributed by atoms with E-state index in [0.717, 1.165) is 16.5 Å². The minimum absolute atomic E-state index is 0.432.